The predicted molar refractivity (Wildman–Crippen MR) is 78.7 cm³/mol. The van der Waals surface area contributed by atoms with E-state index in [9.17, 15) is 9.59 Å². The average Bonchev–Trinajstić information content (AvgIpc) is 3.17. The number of hydrogen-bond acceptors (Lipinski definition) is 4. The molecule has 1 N–H and O–H groups in total. The highest BCUT2D eigenvalue weighted by Crippen LogP contribution is 2.28. The number of likely N-dealkylation sites (tertiary alicyclic amines) is 1. The average molecular weight is 294 g/mol. The second-order valence-corrected chi connectivity index (χ2v) is 6.57. The Labute approximate surface area is 126 Å². The Kier molecular flexibility index (Phi) is 4.60. The van der Waals surface area contributed by atoms with Gasteiger partial charge >= 0.3 is 0 Å². The van der Waals surface area contributed by atoms with Crippen molar-refractivity contribution in [3.63, 3.8) is 0 Å². The minimum Gasteiger partial charge on any atom is -0.378 e. The van der Waals surface area contributed by atoms with Crippen LogP contribution in [-0.2, 0) is 14.3 Å². The van der Waals surface area contributed by atoms with E-state index in [1.54, 1.807) is 4.90 Å². The van der Waals surface area contributed by atoms with Crippen LogP contribution in [0.1, 0.15) is 51.9 Å². The lowest BCUT2D eigenvalue weighted by Crippen LogP contribution is -2.44. The summed E-state index contributed by atoms with van der Waals surface area (Å²) in [5.74, 6) is 0.483. The molecule has 3 aliphatic rings. The Morgan fingerprint density at radius 2 is 2.00 bits per heavy atom. The fourth-order valence-electron chi connectivity index (χ4n) is 4.03. The number of nitrogens with zero attached hydrogens (tertiary/aromatic N) is 1. The van der Waals surface area contributed by atoms with Crippen LogP contribution in [0.25, 0.3) is 0 Å². The number of carbonyl (C=O) groups is 2. The normalized spacial score (nSPS) is 34.3. The molecule has 1 saturated carbocycles. The van der Waals surface area contributed by atoms with Crippen LogP contribution in [0.2, 0.25) is 0 Å². The van der Waals surface area contributed by atoms with Gasteiger partial charge in [-0.1, -0.05) is 19.8 Å². The van der Waals surface area contributed by atoms with Crippen LogP contribution in [0.15, 0.2) is 0 Å². The first-order valence-electron chi connectivity index (χ1n) is 8.41. The molecule has 0 aromatic carbocycles. The van der Waals surface area contributed by atoms with Gasteiger partial charge in [-0.3, -0.25) is 14.5 Å². The molecule has 2 heterocycles. The number of nitrogens with one attached hydrogen (secondary N) is 1. The van der Waals surface area contributed by atoms with E-state index in [0.717, 1.165) is 51.7 Å². The number of ether oxygens (including phenoxy) is 1. The third kappa shape index (κ3) is 2.99. The first-order chi connectivity index (χ1) is 10.2. The summed E-state index contributed by atoms with van der Waals surface area (Å²) in [7, 11) is 0. The summed E-state index contributed by atoms with van der Waals surface area (Å²) in [6, 6.07) is -0.147. The van der Waals surface area contributed by atoms with E-state index in [4.69, 9.17) is 4.74 Å². The molecule has 5 heteroatoms. The topological polar surface area (TPSA) is 58.6 Å². The van der Waals surface area contributed by atoms with Crippen LogP contribution >= 0.6 is 0 Å². The maximum Gasteiger partial charge on any atom is 0.247 e. The summed E-state index contributed by atoms with van der Waals surface area (Å²) < 4.78 is 5.68. The summed E-state index contributed by atoms with van der Waals surface area (Å²) in [5.41, 5.74) is 0. The van der Waals surface area contributed by atoms with Gasteiger partial charge in [-0.25, -0.2) is 0 Å². The van der Waals surface area contributed by atoms with Gasteiger partial charge in [0, 0.05) is 19.2 Å². The summed E-state index contributed by atoms with van der Waals surface area (Å²) >= 11 is 0. The van der Waals surface area contributed by atoms with E-state index >= 15 is 0 Å². The summed E-state index contributed by atoms with van der Waals surface area (Å²) in [6.45, 7) is 3.73. The quantitative estimate of drug-likeness (QED) is 0.780. The molecule has 2 saturated heterocycles. The van der Waals surface area contributed by atoms with Gasteiger partial charge in [0.15, 0.2) is 0 Å². The molecule has 2 aliphatic heterocycles. The highest BCUT2D eigenvalue weighted by Gasteiger charge is 2.43. The zero-order valence-corrected chi connectivity index (χ0v) is 12.8. The fraction of sp³-hybridized carbons (Fsp3) is 0.875. The van der Waals surface area contributed by atoms with Crippen molar-refractivity contribution in [3.8, 4) is 0 Å². The van der Waals surface area contributed by atoms with E-state index in [2.05, 4.69) is 12.2 Å². The number of amides is 2. The van der Waals surface area contributed by atoms with Crippen LogP contribution in [0, 0.1) is 5.92 Å². The molecule has 5 nitrogen and oxygen atoms in total. The van der Waals surface area contributed by atoms with Crippen LogP contribution in [0.3, 0.4) is 0 Å². The Morgan fingerprint density at radius 1 is 1.24 bits per heavy atom. The molecule has 0 radical (unpaired) electrons. The van der Waals surface area contributed by atoms with Crippen molar-refractivity contribution in [3.05, 3.63) is 0 Å². The lowest BCUT2D eigenvalue weighted by molar-refractivity contribution is -0.141. The van der Waals surface area contributed by atoms with Gasteiger partial charge in [-0.05, 0) is 31.6 Å². The molecule has 3 unspecified atom stereocenters. The number of rotatable bonds is 5. The molecule has 3 fully saturated rings. The number of carbonyl (C=O) groups excluding carboxylic acids is 2. The lowest BCUT2D eigenvalue weighted by Gasteiger charge is -2.23. The van der Waals surface area contributed by atoms with Crippen molar-refractivity contribution in [2.75, 3.05) is 13.2 Å². The van der Waals surface area contributed by atoms with Crippen molar-refractivity contribution in [2.24, 2.45) is 5.92 Å². The predicted octanol–water partition coefficient (Wildman–Crippen LogP) is 1.46. The first-order valence-corrected chi connectivity index (χ1v) is 8.41. The molecule has 1 aliphatic carbocycles. The lowest BCUT2D eigenvalue weighted by atomic mass is 9.99. The molecular weight excluding hydrogens is 268 g/mol. The molecule has 21 heavy (non-hydrogen) atoms. The minimum absolute atomic E-state index is 0.00105. The highest BCUT2D eigenvalue weighted by atomic mass is 16.5. The molecule has 0 bridgehead atoms. The summed E-state index contributed by atoms with van der Waals surface area (Å²) in [5, 5.41) is 3.33. The smallest absolute Gasteiger partial charge is 0.247 e. The van der Waals surface area contributed by atoms with Gasteiger partial charge in [-0.2, -0.15) is 0 Å². The second kappa shape index (κ2) is 6.44. The third-order valence-electron chi connectivity index (χ3n) is 5.25. The summed E-state index contributed by atoms with van der Waals surface area (Å²) in [4.78, 5) is 26.2. The molecule has 0 spiro atoms. The van der Waals surface area contributed by atoms with Crippen molar-refractivity contribution in [1.29, 1.82) is 0 Å². The highest BCUT2D eigenvalue weighted by molar-refractivity contribution is 6.05. The number of hydrogen-bond donors (Lipinski definition) is 1. The van der Waals surface area contributed by atoms with Crippen molar-refractivity contribution in [1.82, 2.24) is 10.2 Å². The van der Waals surface area contributed by atoms with Crippen LogP contribution in [-0.4, -0.2) is 48.1 Å². The zero-order chi connectivity index (χ0) is 14.8. The summed E-state index contributed by atoms with van der Waals surface area (Å²) in [6.07, 6.45) is 6.94. The maximum atomic E-state index is 12.5. The van der Waals surface area contributed by atoms with Gasteiger partial charge in [0.1, 0.15) is 0 Å². The molecule has 0 aromatic heterocycles. The molecule has 118 valence electrons. The van der Waals surface area contributed by atoms with Gasteiger partial charge < -0.3 is 10.1 Å². The van der Waals surface area contributed by atoms with Crippen molar-refractivity contribution in [2.45, 2.75) is 70.1 Å². The van der Waals surface area contributed by atoms with Crippen molar-refractivity contribution < 1.29 is 14.3 Å². The van der Waals surface area contributed by atoms with Gasteiger partial charge in [0.2, 0.25) is 11.8 Å². The second-order valence-electron chi connectivity index (χ2n) is 6.57. The molecule has 3 rings (SSSR count). The SMILES string of the molecule is CCC1OCCC1CNC1CC(=O)N(C2CCCC2)C1=O. The number of imide groups is 1. The minimum atomic E-state index is -0.309. The van der Waals surface area contributed by atoms with Crippen LogP contribution in [0.5, 0.6) is 0 Å². The molecule has 3 atom stereocenters. The van der Waals surface area contributed by atoms with E-state index in [1.165, 1.54) is 0 Å². The monoisotopic (exact) mass is 294 g/mol. The van der Waals surface area contributed by atoms with E-state index < -0.39 is 0 Å². The third-order valence-corrected chi connectivity index (χ3v) is 5.25. The Morgan fingerprint density at radius 3 is 2.71 bits per heavy atom. The van der Waals surface area contributed by atoms with Crippen molar-refractivity contribution >= 4 is 11.8 Å². The fourth-order valence-corrected chi connectivity index (χ4v) is 4.03. The Bertz CT molecular complexity index is 406. The van der Waals surface area contributed by atoms with E-state index in [0.29, 0.717) is 18.4 Å². The molecular formula is C16H26N2O3. The van der Waals surface area contributed by atoms with E-state index in [1.807, 2.05) is 0 Å². The zero-order valence-electron chi connectivity index (χ0n) is 12.8. The Hall–Kier alpha value is -0.940. The van der Waals surface area contributed by atoms with Gasteiger partial charge in [0.25, 0.3) is 0 Å². The Balaban J connectivity index is 1.54. The van der Waals surface area contributed by atoms with Crippen LogP contribution < -0.4 is 5.32 Å². The maximum absolute atomic E-state index is 12.5. The molecule has 0 aromatic rings. The largest absolute Gasteiger partial charge is 0.378 e. The van der Waals surface area contributed by atoms with E-state index in [-0.39, 0.29) is 23.9 Å². The first kappa shape index (κ1) is 15.0. The van der Waals surface area contributed by atoms with Crippen LogP contribution in [0.4, 0.5) is 0 Å². The van der Waals surface area contributed by atoms with Gasteiger partial charge in [0.05, 0.1) is 18.6 Å². The standard InChI is InChI=1S/C16H26N2O3/c1-2-14-11(7-8-21-14)10-17-13-9-15(19)18(16(13)20)12-5-3-4-6-12/h11-14,17H,2-10H2,1H3. The molecule has 2 amide bonds. The van der Waals surface area contributed by atoms with Gasteiger partial charge in [-0.15, -0.1) is 0 Å².